The molecule has 1 aromatic carbocycles. The lowest BCUT2D eigenvalue weighted by atomic mass is 9.84. The lowest BCUT2D eigenvalue weighted by molar-refractivity contribution is 0.112. The Morgan fingerprint density at radius 2 is 2.11 bits per heavy atom. The fraction of sp³-hybridized carbons (Fsp3) is 0.571. The van der Waals surface area contributed by atoms with E-state index in [1.54, 1.807) is 18.2 Å². The predicted molar refractivity (Wildman–Crippen MR) is 74.4 cm³/mol. The highest BCUT2D eigenvalue weighted by Gasteiger charge is 2.34. The second-order valence-electron chi connectivity index (χ2n) is 5.76. The number of fused-ring (bicyclic) bond motifs is 2. The van der Waals surface area contributed by atoms with Crippen LogP contribution in [0.1, 0.15) is 26.2 Å². The van der Waals surface area contributed by atoms with E-state index < -0.39 is 9.84 Å². The van der Waals surface area contributed by atoms with Crippen molar-refractivity contribution in [2.24, 2.45) is 5.92 Å². The molecule has 1 aliphatic heterocycles. The summed E-state index contributed by atoms with van der Waals surface area (Å²) in [5, 5.41) is 3.45. The minimum absolute atomic E-state index is 0.216. The molecule has 5 heteroatoms. The van der Waals surface area contributed by atoms with Crippen molar-refractivity contribution in [2.45, 2.75) is 43.2 Å². The van der Waals surface area contributed by atoms with Crippen LogP contribution in [-0.4, -0.2) is 26.8 Å². The van der Waals surface area contributed by atoms with Gasteiger partial charge in [-0.3, -0.25) is 0 Å². The molecule has 1 aromatic rings. The van der Waals surface area contributed by atoms with E-state index >= 15 is 0 Å². The molecule has 3 rings (SSSR count). The Balaban J connectivity index is 1.93. The first-order chi connectivity index (χ1) is 8.93. The van der Waals surface area contributed by atoms with Crippen molar-refractivity contribution in [3.63, 3.8) is 0 Å². The highest BCUT2D eigenvalue weighted by atomic mass is 32.2. The Morgan fingerprint density at radius 3 is 2.84 bits per heavy atom. The number of benzene rings is 1. The van der Waals surface area contributed by atoms with Crippen molar-refractivity contribution in [3.8, 4) is 5.75 Å². The van der Waals surface area contributed by atoms with Crippen LogP contribution in [0.5, 0.6) is 5.75 Å². The Hall–Kier alpha value is -1.23. The van der Waals surface area contributed by atoms with Crippen molar-refractivity contribution >= 4 is 15.5 Å². The first-order valence-corrected chi connectivity index (χ1v) is 8.60. The Kier molecular flexibility index (Phi) is 2.96. The summed E-state index contributed by atoms with van der Waals surface area (Å²) in [7, 11) is -3.17. The van der Waals surface area contributed by atoms with Crippen LogP contribution in [0.2, 0.25) is 0 Å². The largest absolute Gasteiger partial charge is 0.486 e. The molecule has 1 aliphatic carbocycles. The molecule has 4 nitrogen and oxygen atoms in total. The maximum Gasteiger partial charge on any atom is 0.175 e. The molecule has 0 radical (unpaired) electrons. The van der Waals surface area contributed by atoms with Crippen molar-refractivity contribution in [1.29, 1.82) is 0 Å². The van der Waals surface area contributed by atoms with Crippen molar-refractivity contribution in [2.75, 3.05) is 11.6 Å². The highest BCUT2D eigenvalue weighted by Crippen LogP contribution is 2.38. The second kappa shape index (κ2) is 4.40. The number of hydrogen-bond donors (Lipinski definition) is 1. The van der Waals surface area contributed by atoms with Gasteiger partial charge in [-0.05, 0) is 43.4 Å². The summed E-state index contributed by atoms with van der Waals surface area (Å²) < 4.78 is 29.2. The average Bonchev–Trinajstić information content (AvgIpc) is 2.34. The molecule has 1 saturated carbocycles. The van der Waals surface area contributed by atoms with Gasteiger partial charge in [0.05, 0.1) is 16.6 Å². The monoisotopic (exact) mass is 281 g/mol. The SMILES string of the molecule is CC1CCC2Oc3ccc(S(C)(=O)=O)cc3NC2C1. The standard InChI is InChI=1S/C14H19NO3S/c1-9-3-5-13-11(7-9)15-12-8-10(19(2,16)17)4-6-14(12)18-13/h4,6,8-9,11,13,15H,3,5,7H2,1-2H3. The zero-order valence-electron chi connectivity index (χ0n) is 11.2. The van der Waals surface area contributed by atoms with Gasteiger partial charge in [-0.1, -0.05) is 6.92 Å². The molecule has 0 amide bonds. The van der Waals surface area contributed by atoms with Crippen LogP contribution in [-0.2, 0) is 9.84 Å². The first kappa shape index (κ1) is 12.8. The van der Waals surface area contributed by atoms with Crippen LogP contribution in [0, 0.1) is 5.92 Å². The molecular formula is C14H19NO3S. The zero-order valence-corrected chi connectivity index (χ0v) is 12.0. The maximum absolute atomic E-state index is 11.6. The van der Waals surface area contributed by atoms with E-state index in [0.29, 0.717) is 16.9 Å². The van der Waals surface area contributed by atoms with E-state index in [0.717, 1.165) is 24.3 Å². The Labute approximate surface area is 114 Å². The van der Waals surface area contributed by atoms with E-state index in [1.807, 2.05) is 0 Å². The molecular weight excluding hydrogens is 262 g/mol. The summed E-state index contributed by atoms with van der Waals surface area (Å²) in [4.78, 5) is 0.338. The van der Waals surface area contributed by atoms with Gasteiger partial charge >= 0.3 is 0 Å². The van der Waals surface area contributed by atoms with Crippen molar-refractivity contribution in [3.05, 3.63) is 18.2 Å². The maximum atomic E-state index is 11.6. The van der Waals surface area contributed by atoms with Crippen molar-refractivity contribution < 1.29 is 13.2 Å². The molecule has 0 bridgehead atoms. The molecule has 0 saturated heterocycles. The number of anilines is 1. The number of ether oxygens (including phenoxy) is 1. The fourth-order valence-corrected chi connectivity index (χ4v) is 3.61. The number of sulfone groups is 1. The molecule has 1 heterocycles. The van der Waals surface area contributed by atoms with Gasteiger partial charge in [0.15, 0.2) is 9.84 Å². The average molecular weight is 281 g/mol. The minimum Gasteiger partial charge on any atom is -0.486 e. The van der Waals surface area contributed by atoms with E-state index in [-0.39, 0.29) is 6.10 Å². The molecule has 3 unspecified atom stereocenters. The topological polar surface area (TPSA) is 55.4 Å². The van der Waals surface area contributed by atoms with Gasteiger partial charge in [0.2, 0.25) is 0 Å². The van der Waals surface area contributed by atoms with Gasteiger partial charge in [-0.2, -0.15) is 0 Å². The number of nitrogens with one attached hydrogen (secondary N) is 1. The minimum atomic E-state index is -3.17. The van der Waals surface area contributed by atoms with Crippen LogP contribution >= 0.6 is 0 Å². The number of rotatable bonds is 1. The van der Waals surface area contributed by atoms with E-state index in [9.17, 15) is 8.42 Å². The summed E-state index contributed by atoms with van der Waals surface area (Å²) >= 11 is 0. The quantitative estimate of drug-likeness (QED) is 0.859. The lowest BCUT2D eigenvalue weighted by Crippen LogP contribution is -2.45. The second-order valence-corrected chi connectivity index (χ2v) is 7.77. The van der Waals surface area contributed by atoms with Gasteiger partial charge in [-0.15, -0.1) is 0 Å². The molecule has 0 spiro atoms. The third kappa shape index (κ3) is 2.43. The predicted octanol–water partition coefficient (Wildman–Crippen LogP) is 2.45. The third-order valence-corrected chi connectivity index (χ3v) is 5.16. The van der Waals surface area contributed by atoms with Crippen LogP contribution < -0.4 is 10.1 Å². The summed E-state index contributed by atoms with van der Waals surface area (Å²) in [6.07, 6.45) is 4.77. The Bertz CT molecular complexity index is 597. The zero-order chi connectivity index (χ0) is 13.6. The number of hydrogen-bond acceptors (Lipinski definition) is 4. The van der Waals surface area contributed by atoms with Crippen LogP contribution in [0.25, 0.3) is 0 Å². The summed E-state index contributed by atoms with van der Waals surface area (Å²) in [5.74, 6) is 1.46. The molecule has 3 atom stereocenters. The van der Waals surface area contributed by atoms with E-state index in [4.69, 9.17) is 4.74 Å². The Morgan fingerprint density at radius 1 is 1.32 bits per heavy atom. The third-order valence-electron chi connectivity index (χ3n) is 4.05. The smallest absolute Gasteiger partial charge is 0.175 e. The van der Waals surface area contributed by atoms with Gasteiger partial charge < -0.3 is 10.1 Å². The summed E-state index contributed by atoms with van der Waals surface area (Å²) in [6, 6.07) is 5.35. The summed E-state index contributed by atoms with van der Waals surface area (Å²) in [6.45, 7) is 2.25. The van der Waals surface area contributed by atoms with Gasteiger partial charge in [-0.25, -0.2) is 8.42 Å². The van der Waals surface area contributed by atoms with E-state index in [2.05, 4.69) is 12.2 Å². The first-order valence-electron chi connectivity index (χ1n) is 6.71. The van der Waals surface area contributed by atoms with Crippen LogP contribution in [0.3, 0.4) is 0 Å². The molecule has 19 heavy (non-hydrogen) atoms. The highest BCUT2D eigenvalue weighted by molar-refractivity contribution is 7.90. The molecule has 2 aliphatic rings. The van der Waals surface area contributed by atoms with E-state index in [1.165, 1.54) is 12.7 Å². The normalized spacial score (nSPS) is 29.7. The van der Waals surface area contributed by atoms with Crippen LogP contribution in [0.15, 0.2) is 23.1 Å². The lowest BCUT2D eigenvalue weighted by Gasteiger charge is -2.40. The van der Waals surface area contributed by atoms with Gasteiger partial charge in [0, 0.05) is 6.26 Å². The van der Waals surface area contributed by atoms with Crippen molar-refractivity contribution in [1.82, 2.24) is 0 Å². The van der Waals surface area contributed by atoms with Gasteiger partial charge in [0.25, 0.3) is 0 Å². The molecule has 0 aromatic heterocycles. The van der Waals surface area contributed by atoms with Gasteiger partial charge in [0.1, 0.15) is 11.9 Å². The van der Waals surface area contributed by atoms with Crippen LogP contribution in [0.4, 0.5) is 5.69 Å². The molecule has 1 N–H and O–H groups in total. The fourth-order valence-electron chi connectivity index (χ4n) is 2.96. The molecule has 1 fully saturated rings. The summed E-state index contributed by atoms with van der Waals surface area (Å²) in [5.41, 5.74) is 0.804. The molecule has 104 valence electrons.